The molecule has 4 heterocycles. The fraction of sp³-hybridized carbons (Fsp3) is 0.357. The summed E-state index contributed by atoms with van der Waals surface area (Å²) < 4.78 is 14.8. The van der Waals surface area contributed by atoms with Crippen molar-refractivity contribution in [1.82, 2.24) is 50.4 Å². The molecule has 0 amide bonds. The van der Waals surface area contributed by atoms with Crippen molar-refractivity contribution in [2.24, 2.45) is 0 Å². The van der Waals surface area contributed by atoms with Gasteiger partial charge in [-0.3, -0.25) is 0 Å². The van der Waals surface area contributed by atoms with Crippen LogP contribution in [0, 0.1) is 13.8 Å². The lowest BCUT2D eigenvalue weighted by Crippen LogP contribution is -2.03. The van der Waals surface area contributed by atoms with Gasteiger partial charge in [0, 0.05) is 33.2 Å². The number of tetrazole rings is 2. The highest BCUT2D eigenvalue weighted by atomic mass is 16.5. The number of methoxy groups -OCH3 is 2. The summed E-state index contributed by atoms with van der Waals surface area (Å²) in [6.07, 6.45) is 0. The molecule has 0 radical (unpaired) electrons. The van der Waals surface area contributed by atoms with E-state index in [-0.39, 0.29) is 0 Å². The molecule has 0 saturated carbocycles. The van der Waals surface area contributed by atoms with Gasteiger partial charge in [0.15, 0.2) is 11.6 Å². The molecule has 12 heteroatoms. The van der Waals surface area contributed by atoms with Gasteiger partial charge in [-0.1, -0.05) is 38.1 Å². The van der Waals surface area contributed by atoms with E-state index in [9.17, 15) is 0 Å². The van der Waals surface area contributed by atoms with E-state index in [1.54, 1.807) is 14.2 Å². The van der Waals surface area contributed by atoms with E-state index >= 15 is 0 Å². The minimum atomic E-state index is 0.609. The number of nitrogens with one attached hydrogen (secondary N) is 2. The lowest BCUT2D eigenvalue weighted by Gasteiger charge is -2.05. The summed E-state index contributed by atoms with van der Waals surface area (Å²) in [5.41, 5.74) is 4.59. The molecule has 212 valence electrons. The highest BCUT2D eigenvalue weighted by Gasteiger charge is 2.10. The van der Waals surface area contributed by atoms with Crippen molar-refractivity contribution in [3.05, 3.63) is 71.6 Å². The van der Waals surface area contributed by atoms with Gasteiger partial charge in [0.25, 0.3) is 0 Å². The van der Waals surface area contributed by atoms with Crippen LogP contribution in [0.1, 0.15) is 50.7 Å². The molecule has 6 aromatic rings. The first-order valence-electron chi connectivity index (χ1n) is 13.3. The second-order valence-electron chi connectivity index (χ2n) is 8.25. The topological polar surface area (TPSA) is 137 Å². The third-order valence-corrected chi connectivity index (χ3v) is 6.01. The van der Waals surface area contributed by atoms with E-state index in [0.717, 1.165) is 44.7 Å². The highest BCUT2D eigenvalue weighted by Crippen LogP contribution is 2.25. The molecule has 40 heavy (non-hydrogen) atoms. The molecule has 0 atom stereocenters. The monoisotopic (exact) mass is 546 g/mol. The number of fused-ring (bicyclic) bond motifs is 2. The Bertz CT molecular complexity index is 1460. The van der Waals surface area contributed by atoms with Crippen LogP contribution in [0.3, 0.4) is 0 Å². The summed E-state index contributed by atoms with van der Waals surface area (Å²) in [5, 5.41) is 30.3. The zero-order valence-electron chi connectivity index (χ0n) is 24.4. The largest absolute Gasteiger partial charge is 0.497 e. The number of benzene rings is 2. The van der Waals surface area contributed by atoms with Crippen molar-refractivity contribution in [1.29, 1.82) is 0 Å². The van der Waals surface area contributed by atoms with Crippen molar-refractivity contribution in [3.8, 4) is 11.5 Å². The van der Waals surface area contributed by atoms with Gasteiger partial charge in [0.1, 0.15) is 11.5 Å². The molecule has 0 aliphatic heterocycles. The van der Waals surface area contributed by atoms with Crippen LogP contribution in [0.5, 0.6) is 11.5 Å². The Balaban J connectivity index is 0.000000196. The smallest absolute Gasteiger partial charge is 0.194 e. The first kappa shape index (κ1) is 29.8. The number of hydrogen-bond acceptors (Lipinski definition) is 8. The van der Waals surface area contributed by atoms with Crippen LogP contribution in [0.25, 0.3) is 21.8 Å². The highest BCUT2D eigenvalue weighted by molar-refractivity contribution is 5.83. The lowest BCUT2D eigenvalue weighted by atomic mass is 10.2. The summed E-state index contributed by atoms with van der Waals surface area (Å²) in [6.45, 7) is 13.3. The average molecular weight is 547 g/mol. The maximum absolute atomic E-state index is 5.23. The first-order valence-corrected chi connectivity index (χ1v) is 13.3. The fourth-order valence-corrected chi connectivity index (χ4v) is 4.23. The van der Waals surface area contributed by atoms with Gasteiger partial charge in [0.2, 0.25) is 0 Å². The van der Waals surface area contributed by atoms with Crippen molar-refractivity contribution < 1.29 is 9.47 Å². The van der Waals surface area contributed by atoms with Crippen molar-refractivity contribution >= 4 is 21.8 Å². The molecule has 0 fully saturated rings. The number of nitrogens with zero attached hydrogens (tertiary/aromatic N) is 8. The predicted octanol–water partition coefficient (Wildman–Crippen LogP) is 5.09. The maximum Gasteiger partial charge on any atom is 0.194 e. The minimum absolute atomic E-state index is 0.609. The molecule has 0 unspecified atom stereocenters. The molecule has 12 nitrogen and oxygen atoms in total. The van der Waals surface area contributed by atoms with E-state index in [1.165, 1.54) is 0 Å². The zero-order chi connectivity index (χ0) is 29.1. The number of H-pyrrole nitrogens is 2. The number of aromatic amines is 2. The summed E-state index contributed by atoms with van der Waals surface area (Å²) in [6, 6.07) is 16.3. The first-order chi connectivity index (χ1) is 19.6. The fourth-order valence-electron chi connectivity index (χ4n) is 4.23. The molecule has 2 aromatic carbocycles. The Morgan fingerprint density at radius 1 is 0.625 bits per heavy atom. The summed E-state index contributed by atoms with van der Waals surface area (Å²) in [5.74, 6) is 3.07. The molecule has 0 aliphatic rings. The van der Waals surface area contributed by atoms with Gasteiger partial charge in [-0.2, -0.15) is 10.4 Å². The van der Waals surface area contributed by atoms with Crippen molar-refractivity contribution in [2.45, 2.75) is 54.6 Å². The van der Waals surface area contributed by atoms with Crippen molar-refractivity contribution in [2.75, 3.05) is 14.2 Å². The molecule has 0 aliphatic carbocycles. The van der Waals surface area contributed by atoms with Gasteiger partial charge in [0.05, 0.1) is 27.3 Å². The van der Waals surface area contributed by atoms with Gasteiger partial charge < -0.3 is 18.6 Å². The number of ether oxygens (including phenoxy) is 2. The molecular weight excluding hydrogens is 508 g/mol. The van der Waals surface area contributed by atoms with Crippen LogP contribution in [-0.2, 0) is 13.1 Å². The Kier molecular flexibility index (Phi) is 10.7. The van der Waals surface area contributed by atoms with E-state index in [4.69, 9.17) is 9.47 Å². The third-order valence-electron chi connectivity index (χ3n) is 6.01. The number of rotatable bonds is 6. The average Bonchev–Trinajstić information content (AvgIpc) is 3.81. The molecule has 0 spiro atoms. The second kappa shape index (κ2) is 14.4. The summed E-state index contributed by atoms with van der Waals surface area (Å²) in [4.78, 5) is 0. The summed E-state index contributed by atoms with van der Waals surface area (Å²) in [7, 11) is 3.34. The van der Waals surface area contributed by atoms with E-state index < -0.39 is 0 Å². The zero-order valence-corrected chi connectivity index (χ0v) is 24.4. The van der Waals surface area contributed by atoms with Crippen LogP contribution < -0.4 is 9.47 Å². The molecule has 0 bridgehead atoms. The van der Waals surface area contributed by atoms with Crippen LogP contribution >= 0.6 is 0 Å². The molecular formula is C28H38N10O2. The Morgan fingerprint density at radius 2 is 1.02 bits per heavy atom. The number of hydrogen-bond donors (Lipinski definition) is 2. The SMILES string of the molecule is CC.CC.COc1ccc2c(c1)cc(C)n2Cc1nn[nH]n1.COc1ccc2c(c1)cc(C)n2Cc1nn[nH]n1. The molecule has 6 rings (SSSR count). The Morgan fingerprint density at radius 3 is 1.35 bits per heavy atom. The molecule has 0 saturated heterocycles. The standard InChI is InChI=1S/2C12H13N5O.2C2H6/c2*1-8-5-9-6-10(18-2)3-4-11(9)17(8)7-12-13-15-16-14-12;2*1-2/h2*3-6H,7H2,1-2H3,(H,13,14,15,16);2*1-2H3. The van der Waals surface area contributed by atoms with Gasteiger partial charge in [-0.25, -0.2) is 0 Å². The second-order valence-corrected chi connectivity index (χ2v) is 8.25. The van der Waals surface area contributed by atoms with E-state index in [2.05, 4.69) is 76.4 Å². The van der Waals surface area contributed by atoms with E-state index in [1.807, 2.05) is 64.1 Å². The minimum Gasteiger partial charge on any atom is -0.497 e. The molecule has 2 N–H and O–H groups in total. The lowest BCUT2D eigenvalue weighted by molar-refractivity contribution is 0.415. The Labute approximate surface area is 233 Å². The van der Waals surface area contributed by atoms with Crippen LogP contribution in [0.15, 0.2) is 48.5 Å². The van der Waals surface area contributed by atoms with E-state index in [0.29, 0.717) is 24.7 Å². The van der Waals surface area contributed by atoms with Gasteiger partial charge in [-0.15, -0.1) is 20.4 Å². The third kappa shape index (κ3) is 6.82. The van der Waals surface area contributed by atoms with Gasteiger partial charge in [-0.05, 0) is 62.4 Å². The maximum atomic E-state index is 5.23. The van der Waals surface area contributed by atoms with Gasteiger partial charge >= 0.3 is 0 Å². The van der Waals surface area contributed by atoms with Crippen LogP contribution in [0.4, 0.5) is 0 Å². The normalized spacial score (nSPS) is 10.2. The van der Waals surface area contributed by atoms with Crippen LogP contribution in [-0.4, -0.2) is 64.6 Å². The quantitative estimate of drug-likeness (QED) is 0.295. The number of aromatic nitrogens is 10. The number of aryl methyl sites for hydroxylation is 2. The van der Waals surface area contributed by atoms with Crippen molar-refractivity contribution in [3.63, 3.8) is 0 Å². The Hall–Kier alpha value is -4.74. The summed E-state index contributed by atoms with van der Waals surface area (Å²) >= 11 is 0. The van der Waals surface area contributed by atoms with Crippen LogP contribution in [0.2, 0.25) is 0 Å². The predicted molar refractivity (Wildman–Crippen MR) is 156 cm³/mol. The molecule has 4 aromatic heterocycles.